The van der Waals surface area contributed by atoms with Crippen molar-refractivity contribution < 1.29 is 13.2 Å². The molecule has 5 nitrogen and oxygen atoms in total. The van der Waals surface area contributed by atoms with Gasteiger partial charge in [0.1, 0.15) is 16.5 Å². The molecule has 0 aromatic carbocycles. The molecule has 1 aromatic heterocycles. The van der Waals surface area contributed by atoms with Gasteiger partial charge < -0.3 is 4.74 Å². The van der Waals surface area contributed by atoms with E-state index in [1.54, 1.807) is 13.1 Å². The maximum Gasteiger partial charge on any atom is 0.211 e. The van der Waals surface area contributed by atoms with Gasteiger partial charge in [-0.05, 0) is 66.6 Å². The van der Waals surface area contributed by atoms with E-state index in [9.17, 15) is 8.42 Å². The number of sulfonamides is 1. The van der Waals surface area contributed by atoms with E-state index < -0.39 is 15.3 Å². The third kappa shape index (κ3) is 4.93. The summed E-state index contributed by atoms with van der Waals surface area (Å²) in [6, 6.07) is 3.70. The summed E-state index contributed by atoms with van der Waals surface area (Å²) in [4.78, 5) is 4.15. The predicted octanol–water partition coefficient (Wildman–Crippen LogP) is 2.85. The van der Waals surface area contributed by atoms with E-state index in [0.717, 1.165) is 36.0 Å². The first-order valence-corrected chi connectivity index (χ1v) is 9.56. The Hall–Kier alpha value is -0.660. The van der Waals surface area contributed by atoms with Gasteiger partial charge in [-0.15, -0.1) is 0 Å². The molecule has 1 aliphatic rings. The molecule has 7 heteroatoms. The summed E-state index contributed by atoms with van der Waals surface area (Å²) in [6.07, 6.45) is 6.40. The molecule has 118 valence electrons. The summed E-state index contributed by atoms with van der Waals surface area (Å²) >= 11 is 3.29. The van der Waals surface area contributed by atoms with Gasteiger partial charge in [0.25, 0.3) is 0 Å². The molecule has 0 saturated heterocycles. The smallest absolute Gasteiger partial charge is 0.211 e. The highest BCUT2D eigenvalue weighted by Crippen LogP contribution is 2.32. The molecule has 2 N–H and O–H groups in total. The van der Waals surface area contributed by atoms with Gasteiger partial charge in [-0.2, -0.15) is 0 Å². The second-order valence-corrected chi connectivity index (χ2v) is 8.45. The molecule has 1 fully saturated rings. The zero-order valence-corrected chi connectivity index (χ0v) is 14.4. The van der Waals surface area contributed by atoms with Gasteiger partial charge >= 0.3 is 0 Å². The zero-order chi connectivity index (χ0) is 15.5. The molecule has 3 unspecified atom stereocenters. The second-order valence-electron chi connectivity index (χ2n) is 5.65. The van der Waals surface area contributed by atoms with Crippen LogP contribution in [0.15, 0.2) is 22.9 Å². The monoisotopic (exact) mass is 376 g/mol. The number of hydrogen-bond donors (Lipinski definition) is 1. The van der Waals surface area contributed by atoms with Crippen molar-refractivity contribution in [3.05, 3.63) is 22.9 Å². The lowest BCUT2D eigenvalue weighted by Crippen LogP contribution is -2.36. The van der Waals surface area contributed by atoms with Gasteiger partial charge in [0.05, 0.1) is 11.4 Å². The van der Waals surface area contributed by atoms with Crippen LogP contribution in [0.3, 0.4) is 0 Å². The summed E-state index contributed by atoms with van der Waals surface area (Å²) in [5.74, 6) is 0.939. The lowest BCUT2D eigenvalue weighted by atomic mass is 9.83. The molecule has 0 aliphatic heterocycles. The number of pyridine rings is 1. The maximum atomic E-state index is 11.4. The summed E-state index contributed by atoms with van der Waals surface area (Å²) in [5, 5.41) is 4.69. The van der Waals surface area contributed by atoms with Crippen molar-refractivity contribution in [3.8, 4) is 5.75 Å². The van der Waals surface area contributed by atoms with E-state index in [1.807, 2.05) is 12.1 Å². The number of aromatic nitrogens is 1. The molecule has 0 radical (unpaired) electrons. The maximum absolute atomic E-state index is 11.4. The van der Waals surface area contributed by atoms with Crippen LogP contribution in [-0.4, -0.2) is 24.8 Å². The van der Waals surface area contributed by atoms with Crippen LogP contribution in [0.1, 0.15) is 39.0 Å². The average molecular weight is 377 g/mol. The van der Waals surface area contributed by atoms with Crippen LogP contribution in [0, 0.1) is 5.92 Å². The average Bonchev–Trinajstić information content (AvgIpc) is 2.42. The van der Waals surface area contributed by atoms with E-state index in [1.165, 1.54) is 0 Å². The highest BCUT2D eigenvalue weighted by Gasteiger charge is 2.31. The topological polar surface area (TPSA) is 82.3 Å². The first kappa shape index (κ1) is 16.7. The van der Waals surface area contributed by atoms with Crippen molar-refractivity contribution >= 4 is 26.0 Å². The van der Waals surface area contributed by atoms with Crippen LogP contribution in [0.5, 0.6) is 5.75 Å². The molecule has 3 atom stereocenters. The Morgan fingerprint density at radius 1 is 1.43 bits per heavy atom. The first-order valence-electron chi connectivity index (χ1n) is 7.16. The molecule has 1 aromatic rings. The summed E-state index contributed by atoms with van der Waals surface area (Å²) in [6.45, 7) is 1.67. The highest BCUT2D eigenvalue weighted by molar-refractivity contribution is 9.10. The normalized spacial score (nSPS) is 24.5. The standard InChI is InChI=1S/C14H21BrN2O3S/c1-10(21(16,18)19)8-11-4-2-3-5-13(11)20-12-6-7-14(15)17-9-12/h6-7,9-11,13H,2-5,8H2,1H3,(H2,16,18,19). The number of hydrogen-bond acceptors (Lipinski definition) is 4. The molecule has 1 heterocycles. The van der Waals surface area contributed by atoms with Crippen molar-refractivity contribution in [2.75, 3.05) is 0 Å². The zero-order valence-electron chi connectivity index (χ0n) is 12.0. The van der Waals surface area contributed by atoms with Gasteiger partial charge in [0, 0.05) is 0 Å². The molecule has 0 amide bonds. The third-order valence-corrected chi connectivity index (χ3v) is 5.81. The number of nitrogens with two attached hydrogens (primary N) is 1. The van der Waals surface area contributed by atoms with Crippen molar-refractivity contribution in [3.63, 3.8) is 0 Å². The van der Waals surface area contributed by atoms with Crippen LogP contribution < -0.4 is 9.88 Å². The van der Waals surface area contributed by atoms with E-state index in [2.05, 4.69) is 20.9 Å². The van der Waals surface area contributed by atoms with Crippen molar-refractivity contribution in [2.24, 2.45) is 11.1 Å². The van der Waals surface area contributed by atoms with E-state index >= 15 is 0 Å². The second kappa shape index (κ2) is 7.07. The molecule has 0 bridgehead atoms. The quantitative estimate of drug-likeness (QED) is 0.800. The van der Waals surface area contributed by atoms with Gasteiger partial charge in [0.2, 0.25) is 10.0 Å². The Morgan fingerprint density at radius 3 is 2.76 bits per heavy atom. The molecular weight excluding hydrogens is 356 g/mol. The minimum absolute atomic E-state index is 0.0333. The van der Waals surface area contributed by atoms with E-state index in [-0.39, 0.29) is 12.0 Å². The largest absolute Gasteiger partial charge is 0.489 e. The Kier molecular flexibility index (Phi) is 5.62. The molecule has 1 saturated carbocycles. The Balaban J connectivity index is 2.03. The van der Waals surface area contributed by atoms with Crippen LogP contribution >= 0.6 is 15.9 Å². The number of primary sulfonamides is 1. The Bertz CT molecular complexity index is 562. The molecular formula is C14H21BrN2O3S. The predicted molar refractivity (Wildman–Crippen MR) is 85.5 cm³/mol. The minimum Gasteiger partial charge on any atom is -0.489 e. The SMILES string of the molecule is CC(CC1CCCCC1Oc1ccc(Br)nc1)S(N)(=O)=O. The van der Waals surface area contributed by atoms with E-state index in [0.29, 0.717) is 6.42 Å². The summed E-state index contributed by atoms with van der Waals surface area (Å²) in [5.41, 5.74) is 0. The van der Waals surface area contributed by atoms with Crippen LogP contribution in [0.4, 0.5) is 0 Å². The van der Waals surface area contributed by atoms with Gasteiger partial charge in [-0.3, -0.25) is 0 Å². The third-order valence-electron chi connectivity index (χ3n) is 4.02. The molecule has 1 aliphatic carbocycles. The lowest BCUT2D eigenvalue weighted by molar-refractivity contribution is 0.0871. The van der Waals surface area contributed by atoms with Gasteiger partial charge in [-0.25, -0.2) is 18.5 Å². The first-order chi connectivity index (χ1) is 9.86. The Morgan fingerprint density at radius 2 is 2.14 bits per heavy atom. The molecule has 0 spiro atoms. The van der Waals surface area contributed by atoms with Crippen molar-refractivity contribution in [2.45, 2.75) is 50.4 Å². The number of halogens is 1. The number of nitrogens with zero attached hydrogens (tertiary/aromatic N) is 1. The van der Waals surface area contributed by atoms with Crippen LogP contribution in [0.25, 0.3) is 0 Å². The van der Waals surface area contributed by atoms with Crippen LogP contribution in [-0.2, 0) is 10.0 Å². The summed E-state index contributed by atoms with van der Waals surface area (Å²) in [7, 11) is -3.48. The van der Waals surface area contributed by atoms with Crippen molar-refractivity contribution in [1.82, 2.24) is 4.98 Å². The molecule has 21 heavy (non-hydrogen) atoms. The minimum atomic E-state index is -3.48. The van der Waals surface area contributed by atoms with Crippen molar-refractivity contribution in [1.29, 1.82) is 0 Å². The van der Waals surface area contributed by atoms with E-state index in [4.69, 9.17) is 9.88 Å². The highest BCUT2D eigenvalue weighted by atomic mass is 79.9. The fraction of sp³-hybridized carbons (Fsp3) is 0.643. The number of rotatable bonds is 5. The van der Waals surface area contributed by atoms with Gasteiger partial charge in [-0.1, -0.05) is 6.42 Å². The molecule has 2 rings (SSSR count). The fourth-order valence-electron chi connectivity index (χ4n) is 2.77. The number of ether oxygens (including phenoxy) is 1. The fourth-order valence-corrected chi connectivity index (χ4v) is 3.52. The lowest BCUT2D eigenvalue weighted by Gasteiger charge is -2.33. The van der Waals surface area contributed by atoms with Gasteiger partial charge in [0.15, 0.2) is 0 Å². The summed E-state index contributed by atoms with van der Waals surface area (Å²) < 4.78 is 29.6. The Labute approximate surface area is 134 Å². The van der Waals surface area contributed by atoms with Crippen LogP contribution in [0.2, 0.25) is 0 Å².